The van der Waals surface area contributed by atoms with E-state index in [1.807, 2.05) is 13.8 Å². The summed E-state index contributed by atoms with van der Waals surface area (Å²) in [6.45, 7) is 3.88. The van der Waals surface area contributed by atoms with Gasteiger partial charge >= 0.3 is 0 Å². The van der Waals surface area contributed by atoms with Crippen LogP contribution in [0.15, 0.2) is 47.4 Å². The van der Waals surface area contributed by atoms with Crippen molar-refractivity contribution in [3.05, 3.63) is 58.9 Å². The van der Waals surface area contributed by atoms with E-state index < -0.39 is 15.4 Å². The largest absolute Gasteiger partial charge is 0.495 e. The van der Waals surface area contributed by atoms with E-state index in [2.05, 4.69) is 4.72 Å². The van der Waals surface area contributed by atoms with Crippen LogP contribution >= 0.6 is 11.6 Å². The van der Waals surface area contributed by atoms with Gasteiger partial charge in [0.05, 0.1) is 7.11 Å². The van der Waals surface area contributed by atoms with Gasteiger partial charge in [0.25, 0.3) is 0 Å². The van der Waals surface area contributed by atoms with Crippen molar-refractivity contribution in [3.63, 3.8) is 0 Å². The Labute approximate surface area is 146 Å². The lowest BCUT2D eigenvalue weighted by molar-refractivity contribution is 0.402. The predicted molar refractivity (Wildman–Crippen MR) is 92.6 cm³/mol. The minimum Gasteiger partial charge on any atom is -0.495 e. The topological polar surface area (TPSA) is 55.4 Å². The molecule has 2 aromatic rings. The van der Waals surface area contributed by atoms with Gasteiger partial charge < -0.3 is 4.74 Å². The SMILES string of the molecule is COc1ccc(Cl)cc1S(=O)(=O)NCC(C)(C)c1ccc(F)cc1. The van der Waals surface area contributed by atoms with Crippen LogP contribution in [0.25, 0.3) is 0 Å². The van der Waals surface area contributed by atoms with Crippen molar-refractivity contribution in [3.8, 4) is 5.75 Å². The molecule has 0 heterocycles. The minimum absolute atomic E-state index is 0.0209. The first kappa shape index (κ1) is 18.7. The van der Waals surface area contributed by atoms with Gasteiger partial charge in [-0.25, -0.2) is 17.5 Å². The van der Waals surface area contributed by atoms with Gasteiger partial charge in [-0.1, -0.05) is 37.6 Å². The van der Waals surface area contributed by atoms with Crippen molar-refractivity contribution in [1.29, 1.82) is 0 Å². The number of nitrogens with one attached hydrogen (secondary N) is 1. The minimum atomic E-state index is -3.81. The summed E-state index contributed by atoms with van der Waals surface area (Å²) in [7, 11) is -2.41. The molecule has 4 nitrogen and oxygen atoms in total. The van der Waals surface area contributed by atoms with Crippen LogP contribution in [0.4, 0.5) is 4.39 Å². The summed E-state index contributed by atoms with van der Waals surface area (Å²) in [4.78, 5) is -0.0209. The van der Waals surface area contributed by atoms with E-state index in [9.17, 15) is 12.8 Å². The normalized spacial score (nSPS) is 12.2. The first-order valence-electron chi connectivity index (χ1n) is 7.25. The van der Waals surface area contributed by atoms with E-state index in [1.54, 1.807) is 18.2 Å². The number of hydrogen-bond acceptors (Lipinski definition) is 3. The highest BCUT2D eigenvalue weighted by molar-refractivity contribution is 7.89. The Bertz CT molecular complexity index is 820. The van der Waals surface area contributed by atoms with Crippen LogP contribution in [0.3, 0.4) is 0 Å². The maximum atomic E-state index is 13.1. The van der Waals surface area contributed by atoms with Crippen molar-refractivity contribution >= 4 is 21.6 Å². The number of benzene rings is 2. The molecule has 0 bridgehead atoms. The number of ether oxygens (including phenoxy) is 1. The highest BCUT2D eigenvalue weighted by atomic mass is 35.5. The van der Waals surface area contributed by atoms with Crippen LogP contribution in [0.2, 0.25) is 5.02 Å². The maximum Gasteiger partial charge on any atom is 0.244 e. The summed E-state index contributed by atoms with van der Waals surface area (Å²) < 4.78 is 45.9. The van der Waals surface area contributed by atoms with Crippen LogP contribution in [0.5, 0.6) is 5.75 Å². The Morgan fingerprint density at radius 3 is 2.38 bits per heavy atom. The standard InChI is InChI=1S/C17H19ClFNO3S/c1-17(2,12-4-7-14(19)8-5-12)11-20-24(21,22)16-10-13(18)6-9-15(16)23-3/h4-10,20H,11H2,1-3H3. The Morgan fingerprint density at radius 1 is 1.17 bits per heavy atom. The van der Waals surface area contributed by atoms with Gasteiger partial charge in [0.2, 0.25) is 10.0 Å². The number of rotatable bonds is 6. The predicted octanol–water partition coefficient (Wildman–Crippen LogP) is 3.74. The fourth-order valence-corrected chi connectivity index (χ4v) is 3.86. The molecule has 2 rings (SSSR count). The van der Waals surface area contributed by atoms with Gasteiger partial charge in [0, 0.05) is 17.0 Å². The summed E-state index contributed by atoms with van der Waals surface area (Å²) in [6.07, 6.45) is 0. The molecule has 0 atom stereocenters. The Kier molecular flexibility index (Phi) is 5.52. The Balaban J connectivity index is 2.24. The quantitative estimate of drug-likeness (QED) is 0.841. The summed E-state index contributed by atoms with van der Waals surface area (Å²) in [6, 6.07) is 10.4. The number of methoxy groups -OCH3 is 1. The van der Waals surface area contributed by atoms with Crippen molar-refractivity contribution in [2.75, 3.05) is 13.7 Å². The molecule has 0 saturated carbocycles. The van der Waals surface area contributed by atoms with E-state index in [1.165, 1.54) is 31.4 Å². The third-order valence-corrected chi connectivity index (χ3v) is 5.40. The first-order valence-corrected chi connectivity index (χ1v) is 9.11. The molecule has 0 aliphatic heterocycles. The van der Waals surface area contributed by atoms with E-state index >= 15 is 0 Å². The Hall–Kier alpha value is -1.63. The first-order chi connectivity index (χ1) is 11.2. The van der Waals surface area contributed by atoms with Crippen LogP contribution in [-0.2, 0) is 15.4 Å². The smallest absolute Gasteiger partial charge is 0.244 e. The van der Waals surface area contributed by atoms with Gasteiger partial charge in [0.15, 0.2) is 0 Å². The van der Waals surface area contributed by atoms with Crippen LogP contribution < -0.4 is 9.46 Å². The molecule has 0 saturated heterocycles. The lowest BCUT2D eigenvalue weighted by atomic mass is 9.85. The molecule has 0 fully saturated rings. The summed E-state index contributed by atoms with van der Waals surface area (Å²) in [5.41, 5.74) is 0.303. The zero-order chi connectivity index (χ0) is 18.0. The van der Waals surface area contributed by atoms with Crippen molar-refractivity contribution < 1.29 is 17.5 Å². The summed E-state index contributed by atoms with van der Waals surface area (Å²) >= 11 is 5.90. The van der Waals surface area contributed by atoms with Crippen molar-refractivity contribution in [2.45, 2.75) is 24.2 Å². The molecular formula is C17H19ClFNO3S. The monoisotopic (exact) mass is 371 g/mol. The zero-order valence-electron chi connectivity index (χ0n) is 13.6. The second-order valence-corrected chi connectivity index (χ2v) is 8.18. The van der Waals surface area contributed by atoms with Crippen molar-refractivity contribution in [2.24, 2.45) is 0 Å². The lowest BCUT2D eigenvalue weighted by Crippen LogP contribution is -2.36. The molecule has 1 N–H and O–H groups in total. The fraction of sp³-hybridized carbons (Fsp3) is 0.294. The van der Waals surface area contributed by atoms with Gasteiger partial charge in [-0.2, -0.15) is 0 Å². The molecule has 0 aromatic heterocycles. The summed E-state index contributed by atoms with van der Waals surface area (Å²) in [5, 5.41) is 0.300. The van der Waals surface area contributed by atoms with Gasteiger partial charge in [0.1, 0.15) is 16.5 Å². The Morgan fingerprint density at radius 2 is 1.79 bits per heavy atom. The third kappa shape index (κ3) is 4.26. The highest BCUT2D eigenvalue weighted by Gasteiger charge is 2.26. The van der Waals surface area contributed by atoms with Gasteiger partial charge in [-0.15, -0.1) is 0 Å². The van der Waals surface area contributed by atoms with Crippen LogP contribution in [0.1, 0.15) is 19.4 Å². The van der Waals surface area contributed by atoms with Gasteiger partial charge in [-0.3, -0.25) is 0 Å². The molecule has 0 amide bonds. The molecular weight excluding hydrogens is 353 g/mol. The molecule has 0 radical (unpaired) electrons. The van der Waals surface area contributed by atoms with E-state index in [0.717, 1.165) is 5.56 Å². The number of hydrogen-bond donors (Lipinski definition) is 1. The molecule has 2 aromatic carbocycles. The van der Waals surface area contributed by atoms with E-state index in [0.29, 0.717) is 5.02 Å². The van der Waals surface area contributed by atoms with Gasteiger partial charge in [-0.05, 0) is 35.9 Å². The van der Waals surface area contributed by atoms with E-state index in [-0.39, 0.29) is 23.0 Å². The summed E-state index contributed by atoms with van der Waals surface area (Å²) in [5.74, 6) is -0.120. The molecule has 24 heavy (non-hydrogen) atoms. The third-order valence-electron chi connectivity index (χ3n) is 3.75. The zero-order valence-corrected chi connectivity index (χ0v) is 15.2. The average molecular weight is 372 g/mol. The van der Waals surface area contributed by atoms with Crippen LogP contribution in [0, 0.1) is 5.82 Å². The fourth-order valence-electron chi connectivity index (χ4n) is 2.22. The molecule has 130 valence electrons. The second kappa shape index (κ2) is 7.09. The lowest BCUT2D eigenvalue weighted by Gasteiger charge is -2.25. The highest BCUT2D eigenvalue weighted by Crippen LogP contribution is 2.28. The van der Waals surface area contributed by atoms with Crippen LogP contribution in [-0.4, -0.2) is 22.1 Å². The molecule has 7 heteroatoms. The number of halogens is 2. The maximum absolute atomic E-state index is 13.1. The average Bonchev–Trinajstić information content (AvgIpc) is 2.53. The molecule has 0 aliphatic rings. The molecule has 0 unspecified atom stereocenters. The number of sulfonamides is 1. The molecule has 0 aliphatic carbocycles. The van der Waals surface area contributed by atoms with E-state index in [4.69, 9.17) is 16.3 Å². The van der Waals surface area contributed by atoms with Crippen molar-refractivity contribution in [1.82, 2.24) is 4.72 Å². The molecule has 0 spiro atoms. The second-order valence-electron chi connectivity index (χ2n) is 6.01.